The highest BCUT2D eigenvalue weighted by Crippen LogP contribution is 2.18. The lowest BCUT2D eigenvalue weighted by Gasteiger charge is -2.29. The third-order valence-electron chi connectivity index (χ3n) is 3.83. The van der Waals surface area contributed by atoms with Crippen LogP contribution in [0, 0.1) is 11.6 Å². The van der Waals surface area contributed by atoms with Gasteiger partial charge in [-0.2, -0.15) is 0 Å². The molecular weight excluding hydrogens is 262 g/mol. The van der Waals surface area contributed by atoms with E-state index in [1.807, 2.05) is 0 Å². The SMILES string of the molecule is NCC1CCCCCN1C(=O)Cc1ccc(F)cc1F. The highest BCUT2D eigenvalue weighted by molar-refractivity contribution is 5.79. The normalized spacial score (nSPS) is 19.8. The average Bonchev–Trinajstić information content (AvgIpc) is 2.67. The van der Waals surface area contributed by atoms with Gasteiger partial charge in [0.15, 0.2) is 0 Å². The minimum absolute atomic E-state index is 0.0357. The summed E-state index contributed by atoms with van der Waals surface area (Å²) in [4.78, 5) is 14.1. The molecule has 0 aromatic heterocycles. The van der Waals surface area contributed by atoms with Crippen LogP contribution in [0.15, 0.2) is 18.2 Å². The molecule has 1 unspecified atom stereocenters. The van der Waals surface area contributed by atoms with Gasteiger partial charge in [0.2, 0.25) is 5.91 Å². The lowest BCUT2D eigenvalue weighted by atomic mass is 10.1. The Balaban J connectivity index is 2.09. The largest absolute Gasteiger partial charge is 0.338 e. The van der Waals surface area contributed by atoms with Crippen LogP contribution in [0.4, 0.5) is 8.78 Å². The number of rotatable bonds is 3. The maximum Gasteiger partial charge on any atom is 0.227 e. The van der Waals surface area contributed by atoms with E-state index >= 15 is 0 Å². The monoisotopic (exact) mass is 282 g/mol. The molecule has 1 aliphatic heterocycles. The Morgan fingerprint density at radius 1 is 1.30 bits per heavy atom. The molecular formula is C15H20F2N2O. The number of benzene rings is 1. The number of nitrogens with zero attached hydrogens (tertiary/aromatic N) is 1. The van der Waals surface area contributed by atoms with E-state index in [1.165, 1.54) is 12.1 Å². The molecule has 0 saturated carbocycles. The molecule has 1 atom stereocenters. The first-order valence-electron chi connectivity index (χ1n) is 7.05. The van der Waals surface area contributed by atoms with Gasteiger partial charge in [0.1, 0.15) is 11.6 Å². The summed E-state index contributed by atoms with van der Waals surface area (Å²) in [6, 6.07) is 3.35. The third kappa shape index (κ3) is 3.54. The Morgan fingerprint density at radius 2 is 2.10 bits per heavy atom. The summed E-state index contributed by atoms with van der Waals surface area (Å²) in [7, 11) is 0. The predicted molar refractivity (Wildman–Crippen MR) is 73.1 cm³/mol. The van der Waals surface area contributed by atoms with Gasteiger partial charge in [-0.25, -0.2) is 8.78 Å². The van der Waals surface area contributed by atoms with Gasteiger partial charge in [-0.15, -0.1) is 0 Å². The molecule has 5 heteroatoms. The van der Waals surface area contributed by atoms with Gasteiger partial charge >= 0.3 is 0 Å². The molecule has 1 amide bonds. The smallest absolute Gasteiger partial charge is 0.227 e. The lowest BCUT2D eigenvalue weighted by molar-refractivity contribution is -0.132. The van der Waals surface area contributed by atoms with Crippen molar-refractivity contribution in [1.82, 2.24) is 4.90 Å². The second-order valence-electron chi connectivity index (χ2n) is 5.24. The fourth-order valence-corrected chi connectivity index (χ4v) is 2.68. The minimum atomic E-state index is -0.669. The molecule has 1 aromatic carbocycles. The zero-order valence-corrected chi connectivity index (χ0v) is 11.4. The Kier molecular flexibility index (Phi) is 5.06. The Bertz CT molecular complexity index is 479. The fraction of sp³-hybridized carbons (Fsp3) is 0.533. The van der Waals surface area contributed by atoms with Gasteiger partial charge in [-0.05, 0) is 24.5 Å². The molecule has 110 valence electrons. The summed E-state index contributed by atoms with van der Waals surface area (Å²) in [6.07, 6.45) is 3.96. The second kappa shape index (κ2) is 6.79. The first kappa shape index (κ1) is 14.9. The van der Waals surface area contributed by atoms with Crippen molar-refractivity contribution in [3.63, 3.8) is 0 Å². The summed E-state index contributed by atoms with van der Waals surface area (Å²) in [5.74, 6) is -1.43. The van der Waals surface area contributed by atoms with Gasteiger partial charge < -0.3 is 10.6 Å². The van der Waals surface area contributed by atoms with E-state index in [1.54, 1.807) is 4.90 Å². The quantitative estimate of drug-likeness (QED) is 0.924. The van der Waals surface area contributed by atoms with E-state index in [-0.39, 0.29) is 23.9 Å². The number of hydrogen-bond donors (Lipinski definition) is 1. The third-order valence-corrected chi connectivity index (χ3v) is 3.83. The molecule has 2 rings (SSSR count). The van der Waals surface area contributed by atoms with Gasteiger partial charge in [-0.1, -0.05) is 18.9 Å². The number of carbonyl (C=O) groups is 1. The first-order chi connectivity index (χ1) is 9.61. The summed E-state index contributed by atoms with van der Waals surface area (Å²) in [6.45, 7) is 1.10. The highest BCUT2D eigenvalue weighted by atomic mass is 19.1. The lowest BCUT2D eigenvalue weighted by Crippen LogP contribution is -2.44. The molecule has 1 aliphatic rings. The number of amides is 1. The average molecular weight is 282 g/mol. The van der Waals surface area contributed by atoms with Gasteiger partial charge in [0, 0.05) is 25.2 Å². The Labute approximate surface area is 117 Å². The van der Waals surface area contributed by atoms with Crippen molar-refractivity contribution in [2.45, 2.75) is 38.1 Å². The zero-order valence-electron chi connectivity index (χ0n) is 11.4. The van der Waals surface area contributed by atoms with Gasteiger partial charge in [0.05, 0.1) is 6.42 Å². The number of hydrogen-bond acceptors (Lipinski definition) is 2. The first-order valence-corrected chi connectivity index (χ1v) is 7.05. The summed E-state index contributed by atoms with van der Waals surface area (Å²) in [5.41, 5.74) is 5.96. The van der Waals surface area contributed by atoms with Crippen LogP contribution >= 0.6 is 0 Å². The molecule has 1 heterocycles. The minimum Gasteiger partial charge on any atom is -0.338 e. The van der Waals surface area contributed by atoms with Crippen LogP contribution in [0.5, 0.6) is 0 Å². The van der Waals surface area contributed by atoms with E-state index in [4.69, 9.17) is 5.73 Å². The van der Waals surface area contributed by atoms with Crippen LogP contribution < -0.4 is 5.73 Å². The van der Waals surface area contributed by atoms with Crippen molar-refractivity contribution in [1.29, 1.82) is 0 Å². The Morgan fingerprint density at radius 3 is 2.80 bits per heavy atom. The van der Waals surface area contributed by atoms with Crippen molar-refractivity contribution >= 4 is 5.91 Å². The van der Waals surface area contributed by atoms with Crippen LogP contribution in [0.3, 0.4) is 0 Å². The summed E-state index contributed by atoms with van der Waals surface area (Å²) >= 11 is 0. The van der Waals surface area contributed by atoms with E-state index < -0.39 is 11.6 Å². The summed E-state index contributed by atoms with van der Waals surface area (Å²) < 4.78 is 26.5. The zero-order chi connectivity index (χ0) is 14.5. The number of likely N-dealkylation sites (tertiary alicyclic amines) is 1. The molecule has 1 aromatic rings. The molecule has 0 aliphatic carbocycles. The number of halogens is 2. The molecule has 0 bridgehead atoms. The number of carbonyl (C=O) groups excluding carboxylic acids is 1. The van der Waals surface area contributed by atoms with Crippen molar-refractivity contribution in [2.75, 3.05) is 13.1 Å². The highest BCUT2D eigenvalue weighted by Gasteiger charge is 2.24. The molecule has 2 N–H and O–H groups in total. The van der Waals surface area contributed by atoms with Crippen LogP contribution in [0.25, 0.3) is 0 Å². The molecule has 3 nitrogen and oxygen atoms in total. The van der Waals surface area contributed by atoms with Crippen LogP contribution in [-0.4, -0.2) is 29.9 Å². The van der Waals surface area contributed by atoms with E-state index in [0.717, 1.165) is 31.7 Å². The van der Waals surface area contributed by atoms with E-state index in [9.17, 15) is 13.6 Å². The van der Waals surface area contributed by atoms with Crippen molar-refractivity contribution in [2.24, 2.45) is 5.73 Å². The molecule has 0 radical (unpaired) electrons. The predicted octanol–water partition coefficient (Wildman–Crippen LogP) is 2.24. The van der Waals surface area contributed by atoms with Gasteiger partial charge in [0.25, 0.3) is 0 Å². The fourth-order valence-electron chi connectivity index (χ4n) is 2.68. The topological polar surface area (TPSA) is 46.3 Å². The van der Waals surface area contributed by atoms with Crippen LogP contribution in [0.1, 0.15) is 31.2 Å². The number of nitrogens with two attached hydrogens (primary N) is 1. The van der Waals surface area contributed by atoms with Crippen molar-refractivity contribution in [3.05, 3.63) is 35.4 Å². The maximum absolute atomic E-state index is 13.6. The van der Waals surface area contributed by atoms with Crippen LogP contribution in [0.2, 0.25) is 0 Å². The van der Waals surface area contributed by atoms with E-state index in [2.05, 4.69) is 0 Å². The molecule has 1 saturated heterocycles. The van der Waals surface area contributed by atoms with Crippen molar-refractivity contribution < 1.29 is 13.6 Å². The Hall–Kier alpha value is -1.49. The van der Waals surface area contributed by atoms with Crippen molar-refractivity contribution in [3.8, 4) is 0 Å². The summed E-state index contributed by atoms with van der Waals surface area (Å²) in [5, 5.41) is 0. The molecule has 0 spiro atoms. The van der Waals surface area contributed by atoms with Crippen LogP contribution in [-0.2, 0) is 11.2 Å². The second-order valence-corrected chi connectivity index (χ2v) is 5.24. The molecule has 1 fully saturated rings. The maximum atomic E-state index is 13.6. The van der Waals surface area contributed by atoms with E-state index in [0.29, 0.717) is 13.1 Å². The van der Waals surface area contributed by atoms with Gasteiger partial charge in [-0.3, -0.25) is 4.79 Å². The standard InChI is InChI=1S/C15H20F2N2O/c16-12-6-5-11(14(17)9-12)8-15(20)19-7-3-1-2-4-13(19)10-18/h5-6,9,13H,1-4,7-8,10,18H2. The molecule has 20 heavy (non-hydrogen) atoms.